The van der Waals surface area contributed by atoms with Crippen molar-refractivity contribution in [1.82, 2.24) is 15.5 Å². The highest BCUT2D eigenvalue weighted by molar-refractivity contribution is 5.92. The van der Waals surface area contributed by atoms with Crippen LogP contribution in [0.1, 0.15) is 53.7 Å². The third kappa shape index (κ3) is 2.39. The Morgan fingerprint density at radius 1 is 1.36 bits per heavy atom. The number of hydrogen-bond acceptors (Lipinski definition) is 3. The highest BCUT2D eigenvalue weighted by atomic mass is 16.3. The summed E-state index contributed by atoms with van der Waals surface area (Å²) < 4.78 is 5.78. The molecule has 1 unspecified atom stereocenters. The number of fused-ring (bicyclic) bond motifs is 1. The summed E-state index contributed by atoms with van der Waals surface area (Å²) in [6, 6.07) is 11.4. The van der Waals surface area contributed by atoms with Gasteiger partial charge in [0.15, 0.2) is 0 Å². The van der Waals surface area contributed by atoms with Crippen molar-refractivity contribution < 1.29 is 9.21 Å². The summed E-state index contributed by atoms with van der Waals surface area (Å²) in [5, 5.41) is 11.0. The van der Waals surface area contributed by atoms with Gasteiger partial charge in [-0.15, -0.1) is 0 Å². The van der Waals surface area contributed by atoms with Crippen LogP contribution in [0.25, 0.3) is 11.0 Å². The van der Waals surface area contributed by atoms with Crippen molar-refractivity contribution in [2.75, 3.05) is 0 Å². The molecule has 4 rings (SSSR count). The van der Waals surface area contributed by atoms with Crippen LogP contribution in [0, 0.1) is 0 Å². The first-order chi connectivity index (χ1) is 10.7. The van der Waals surface area contributed by atoms with Gasteiger partial charge in [0.2, 0.25) is 0 Å². The van der Waals surface area contributed by atoms with Crippen molar-refractivity contribution in [3.8, 4) is 0 Å². The van der Waals surface area contributed by atoms with Crippen molar-refractivity contribution in [3.05, 3.63) is 53.5 Å². The maximum atomic E-state index is 12.3. The van der Waals surface area contributed by atoms with Crippen molar-refractivity contribution in [2.24, 2.45) is 0 Å². The van der Waals surface area contributed by atoms with E-state index in [1.807, 2.05) is 43.3 Å². The van der Waals surface area contributed by atoms with Crippen LogP contribution in [-0.4, -0.2) is 16.1 Å². The fraction of sp³-hybridized carbons (Fsp3) is 0.294. The zero-order valence-electron chi connectivity index (χ0n) is 12.3. The molecule has 1 fully saturated rings. The van der Waals surface area contributed by atoms with Gasteiger partial charge < -0.3 is 9.73 Å². The normalized spacial score (nSPS) is 15.9. The van der Waals surface area contributed by atoms with Gasteiger partial charge in [-0.25, -0.2) is 0 Å². The largest absolute Gasteiger partial charge is 0.459 e. The van der Waals surface area contributed by atoms with Crippen LogP contribution in [0.2, 0.25) is 0 Å². The predicted molar refractivity (Wildman–Crippen MR) is 82.7 cm³/mol. The molecule has 1 aliphatic carbocycles. The molecule has 0 bridgehead atoms. The number of rotatable bonds is 4. The fourth-order valence-corrected chi connectivity index (χ4v) is 2.61. The number of nitrogens with zero attached hydrogens (tertiary/aromatic N) is 1. The number of aromatic amines is 1. The van der Waals surface area contributed by atoms with E-state index in [0.29, 0.717) is 11.6 Å². The van der Waals surface area contributed by atoms with Crippen LogP contribution < -0.4 is 5.32 Å². The first kappa shape index (κ1) is 13.1. The van der Waals surface area contributed by atoms with Crippen molar-refractivity contribution in [1.29, 1.82) is 0 Å². The van der Waals surface area contributed by atoms with E-state index in [0.717, 1.165) is 22.4 Å². The maximum Gasteiger partial charge on any atom is 0.272 e. The summed E-state index contributed by atoms with van der Waals surface area (Å²) >= 11 is 0. The molecule has 1 aromatic carbocycles. The number of carbonyl (C=O) groups excluding carboxylic acids is 1. The lowest BCUT2D eigenvalue weighted by Gasteiger charge is -2.09. The molecular formula is C17H17N3O2. The summed E-state index contributed by atoms with van der Waals surface area (Å²) in [6.45, 7) is 1.91. The summed E-state index contributed by atoms with van der Waals surface area (Å²) in [6.07, 6.45) is 2.36. The monoisotopic (exact) mass is 295 g/mol. The number of amides is 1. The Balaban J connectivity index is 1.50. The smallest absolute Gasteiger partial charge is 0.272 e. The molecule has 2 heterocycles. The predicted octanol–water partition coefficient (Wildman–Crippen LogP) is 3.52. The molecule has 1 saturated carbocycles. The van der Waals surface area contributed by atoms with Crippen molar-refractivity contribution in [3.63, 3.8) is 0 Å². The number of H-pyrrole nitrogens is 1. The number of nitrogens with one attached hydrogen (secondary N) is 2. The van der Waals surface area contributed by atoms with E-state index in [4.69, 9.17) is 4.42 Å². The second-order valence-electron chi connectivity index (χ2n) is 5.86. The first-order valence-corrected chi connectivity index (χ1v) is 7.55. The van der Waals surface area contributed by atoms with Gasteiger partial charge in [0.1, 0.15) is 17.0 Å². The van der Waals surface area contributed by atoms with Crippen LogP contribution in [0.4, 0.5) is 0 Å². The van der Waals surface area contributed by atoms with Crippen LogP contribution >= 0.6 is 0 Å². The van der Waals surface area contributed by atoms with Crippen LogP contribution in [0.3, 0.4) is 0 Å². The minimum Gasteiger partial charge on any atom is -0.459 e. The standard InChI is InChI=1S/C17H17N3O2/c1-10(16-8-12-4-2-3-5-15(12)22-16)18-17(21)14-9-13(19-20-14)11-6-7-11/h2-5,8-11H,6-7H2,1H3,(H,18,21)(H,19,20). The minimum absolute atomic E-state index is 0.184. The quantitative estimate of drug-likeness (QED) is 0.773. The maximum absolute atomic E-state index is 12.3. The Kier molecular flexibility index (Phi) is 2.99. The van der Waals surface area contributed by atoms with Gasteiger partial charge in [0.05, 0.1) is 6.04 Å². The number of aromatic nitrogens is 2. The third-order valence-corrected chi connectivity index (χ3v) is 4.07. The lowest BCUT2D eigenvalue weighted by molar-refractivity contribution is 0.0930. The number of benzene rings is 1. The number of carbonyl (C=O) groups is 1. The Bertz CT molecular complexity index is 796. The van der Waals surface area contributed by atoms with Gasteiger partial charge in [-0.2, -0.15) is 5.10 Å². The van der Waals surface area contributed by atoms with Gasteiger partial charge >= 0.3 is 0 Å². The molecule has 5 nitrogen and oxygen atoms in total. The van der Waals surface area contributed by atoms with Crippen LogP contribution in [-0.2, 0) is 0 Å². The highest BCUT2D eigenvalue weighted by Crippen LogP contribution is 2.39. The van der Waals surface area contributed by atoms with Gasteiger partial charge in [0, 0.05) is 17.0 Å². The SMILES string of the molecule is CC(NC(=O)c1cc(C2CC2)[nH]n1)c1cc2ccccc2o1. The molecule has 22 heavy (non-hydrogen) atoms. The Hall–Kier alpha value is -2.56. The van der Waals surface area contributed by atoms with E-state index < -0.39 is 0 Å². The zero-order chi connectivity index (χ0) is 15.1. The van der Waals surface area contributed by atoms with E-state index in [9.17, 15) is 4.79 Å². The first-order valence-electron chi connectivity index (χ1n) is 7.55. The fourth-order valence-electron chi connectivity index (χ4n) is 2.61. The molecule has 0 radical (unpaired) electrons. The number of para-hydroxylation sites is 1. The van der Waals surface area contributed by atoms with E-state index in [1.54, 1.807) is 0 Å². The molecule has 0 saturated heterocycles. The molecule has 112 valence electrons. The average Bonchev–Trinajstić information content (AvgIpc) is 3.10. The molecule has 5 heteroatoms. The van der Waals surface area contributed by atoms with E-state index in [-0.39, 0.29) is 11.9 Å². The molecule has 0 spiro atoms. The Morgan fingerprint density at radius 2 is 2.18 bits per heavy atom. The summed E-state index contributed by atoms with van der Waals surface area (Å²) in [4.78, 5) is 12.3. The third-order valence-electron chi connectivity index (χ3n) is 4.07. The number of furan rings is 1. The molecule has 2 N–H and O–H groups in total. The lowest BCUT2D eigenvalue weighted by atomic mass is 10.2. The van der Waals surface area contributed by atoms with Gasteiger partial charge in [-0.05, 0) is 38.0 Å². The van der Waals surface area contributed by atoms with Gasteiger partial charge in [-0.1, -0.05) is 18.2 Å². The minimum atomic E-state index is -0.207. The van der Waals surface area contributed by atoms with Gasteiger partial charge in [-0.3, -0.25) is 9.89 Å². The van der Waals surface area contributed by atoms with Crippen LogP contribution in [0.5, 0.6) is 0 Å². The van der Waals surface area contributed by atoms with E-state index in [2.05, 4.69) is 15.5 Å². The summed E-state index contributed by atoms with van der Waals surface area (Å²) in [5.41, 5.74) is 2.32. The molecule has 1 atom stereocenters. The van der Waals surface area contributed by atoms with E-state index in [1.165, 1.54) is 12.8 Å². The molecule has 2 aromatic heterocycles. The molecular weight excluding hydrogens is 278 g/mol. The molecule has 1 amide bonds. The van der Waals surface area contributed by atoms with Crippen molar-refractivity contribution >= 4 is 16.9 Å². The highest BCUT2D eigenvalue weighted by Gasteiger charge is 2.27. The van der Waals surface area contributed by atoms with Gasteiger partial charge in [0.25, 0.3) is 5.91 Å². The van der Waals surface area contributed by atoms with Crippen LogP contribution in [0.15, 0.2) is 40.8 Å². The zero-order valence-corrected chi connectivity index (χ0v) is 12.3. The summed E-state index contributed by atoms with van der Waals surface area (Å²) in [7, 11) is 0. The average molecular weight is 295 g/mol. The Morgan fingerprint density at radius 3 is 2.95 bits per heavy atom. The van der Waals surface area contributed by atoms with E-state index >= 15 is 0 Å². The molecule has 3 aromatic rings. The topological polar surface area (TPSA) is 70.9 Å². The number of hydrogen-bond donors (Lipinski definition) is 2. The lowest BCUT2D eigenvalue weighted by Crippen LogP contribution is -2.26. The summed E-state index contributed by atoms with van der Waals surface area (Å²) in [5.74, 6) is 1.12. The second-order valence-corrected chi connectivity index (χ2v) is 5.86. The second kappa shape index (κ2) is 5.02. The van der Waals surface area contributed by atoms with Crippen molar-refractivity contribution in [2.45, 2.75) is 31.7 Å². The Labute approximate surface area is 127 Å². The molecule has 1 aliphatic rings. The molecule has 0 aliphatic heterocycles.